The van der Waals surface area contributed by atoms with Gasteiger partial charge in [-0.05, 0) is 74.6 Å². The molecule has 0 atom stereocenters. The van der Waals surface area contributed by atoms with Crippen molar-refractivity contribution in [2.75, 3.05) is 0 Å². The fraction of sp³-hybridized carbons (Fsp3) is 0.294. The Morgan fingerprint density at radius 2 is 1.50 bits per heavy atom. The Morgan fingerprint density at radius 1 is 0.778 bits per heavy atom. The molecule has 92 valence electrons. The quantitative estimate of drug-likeness (QED) is 0.574. The summed E-state index contributed by atoms with van der Waals surface area (Å²) in [6, 6.07) is 6.82. The average molecular weight is 237 g/mol. The molecule has 0 saturated carbocycles. The van der Waals surface area contributed by atoms with E-state index < -0.39 is 0 Å². The van der Waals surface area contributed by atoms with Crippen molar-refractivity contribution >= 4 is 21.8 Å². The van der Waals surface area contributed by atoms with Crippen LogP contribution in [-0.2, 0) is 0 Å². The first-order valence-electron chi connectivity index (χ1n) is 6.48. The third kappa shape index (κ3) is 1.40. The zero-order valence-electron chi connectivity index (χ0n) is 11.7. The minimum atomic E-state index is 1.26. The first-order chi connectivity index (χ1) is 8.49. The van der Waals surface area contributed by atoms with Gasteiger partial charge in [-0.25, -0.2) is 0 Å². The largest absolute Gasteiger partial charge is 0.354 e. The first kappa shape index (κ1) is 11.3. The molecule has 0 aliphatic rings. The first-order valence-corrected chi connectivity index (χ1v) is 6.48. The van der Waals surface area contributed by atoms with E-state index in [2.05, 4.69) is 57.8 Å². The van der Waals surface area contributed by atoms with Gasteiger partial charge in [-0.15, -0.1) is 0 Å². The van der Waals surface area contributed by atoms with Crippen LogP contribution in [0.25, 0.3) is 21.8 Å². The maximum Gasteiger partial charge on any atom is 0.0497 e. The number of benzene rings is 2. The van der Waals surface area contributed by atoms with Gasteiger partial charge in [0.2, 0.25) is 0 Å². The van der Waals surface area contributed by atoms with Crippen molar-refractivity contribution in [3.63, 3.8) is 0 Å². The van der Waals surface area contributed by atoms with Gasteiger partial charge in [0.15, 0.2) is 0 Å². The highest BCUT2D eigenvalue weighted by Crippen LogP contribution is 2.33. The second-order valence-electron chi connectivity index (χ2n) is 5.50. The molecule has 1 aromatic heterocycles. The Balaban J connectivity index is 2.60. The van der Waals surface area contributed by atoms with E-state index in [1.807, 2.05) is 0 Å². The van der Waals surface area contributed by atoms with Gasteiger partial charge < -0.3 is 4.98 Å². The van der Waals surface area contributed by atoms with Gasteiger partial charge in [0.25, 0.3) is 0 Å². The summed E-state index contributed by atoms with van der Waals surface area (Å²) >= 11 is 0. The van der Waals surface area contributed by atoms with Gasteiger partial charge >= 0.3 is 0 Å². The normalized spacial score (nSPS) is 11.6. The van der Waals surface area contributed by atoms with Crippen LogP contribution in [-0.4, -0.2) is 4.98 Å². The molecule has 0 fully saturated rings. The molecule has 1 nitrogen and oxygen atoms in total. The molecule has 0 spiro atoms. The van der Waals surface area contributed by atoms with Crippen LogP contribution in [0.15, 0.2) is 18.2 Å². The van der Waals surface area contributed by atoms with Crippen LogP contribution in [0, 0.1) is 34.6 Å². The van der Waals surface area contributed by atoms with E-state index in [9.17, 15) is 0 Å². The molecule has 0 bridgehead atoms. The lowest BCUT2D eigenvalue weighted by Gasteiger charge is -2.06. The number of hydrogen-bond donors (Lipinski definition) is 1. The highest BCUT2D eigenvalue weighted by atomic mass is 14.7. The van der Waals surface area contributed by atoms with E-state index >= 15 is 0 Å². The summed E-state index contributed by atoms with van der Waals surface area (Å²) in [5, 5.41) is 2.74. The van der Waals surface area contributed by atoms with Gasteiger partial charge in [-0.2, -0.15) is 0 Å². The number of aryl methyl sites for hydroxylation is 4. The number of aromatic amines is 1. The maximum absolute atomic E-state index is 3.60. The number of aromatic nitrogens is 1. The van der Waals surface area contributed by atoms with E-state index in [1.54, 1.807) is 0 Å². The van der Waals surface area contributed by atoms with Crippen molar-refractivity contribution < 1.29 is 0 Å². The van der Waals surface area contributed by atoms with Crippen LogP contribution in [0.1, 0.15) is 27.8 Å². The van der Waals surface area contributed by atoms with Gasteiger partial charge in [0.1, 0.15) is 0 Å². The number of fused-ring (bicyclic) bond motifs is 3. The Morgan fingerprint density at radius 3 is 2.22 bits per heavy atom. The van der Waals surface area contributed by atoms with E-state index in [-0.39, 0.29) is 0 Å². The fourth-order valence-electron chi connectivity index (χ4n) is 3.00. The van der Waals surface area contributed by atoms with Gasteiger partial charge in [-0.1, -0.05) is 6.07 Å². The van der Waals surface area contributed by atoms with E-state index in [0.29, 0.717) is 0 Å². The molecule has 3 rings (SSSR count). The van der Waals surface area contributed by atoms with Crippen LogP contribution < -0.4 is 0 Å². The van der Waals surface area contributed by atoms with Crippen molar-refractivity contribution in [1.29, 1.82) is 0 Å². The number of nitrogens with one attached hydrogen (secondary N) is 1. The minimum absolute atomic E-state index is 1.26. The zero-order chi connectivity index (χ0) is 13.0. The Labute approximate surface area is 108 Å². The molecule has 3 aromatic rings. The predicted molar refractivity (Wildman–Crippen MR) is 79.5 cm³/mol. The highest BCUT2D eigenvalue weighted by Gasteiger charge is 2.11. The molecule has 0 radical (unpaired) electrons. The van der Waals surface area contributed by atoms with Crippen LogP contribution in [0.4, 0.5) is 0 Å². The molecule has 0 saturated heterocycles. The molecule has 18 heavy (non-hydrogen) atoms. The summed E-state index contributed by atoms with van der Waals surface area (Å²) < 4.78 is 0. The van der Waals surface area contributed by atoms with Crippen LogP contribution in [0.5, 0.6) is 0 Å². The maximum atomic E-state index is 3.60. The lowest BCUT2D eigenvalue weighted by Crippen LogP contribution is -1.87. The molecule has 1 heteroatoms. The van der Waals surface area contributed by atoms with Crippen LogP contribution in [0.3, 0.4) is 0 Å². The molecule has 0 unspecified atom stereocenters. The molecule has 1 heterocycles. The van der Waals surface area contributed by atoms with Crippen molar-refractivity contribution in [2.24, 2.45) is 0 Å². The molecule has 0 aliphatic heterocycles. The van der Waals surface area contributed by atoms with Crippen molar-refractivity contribution in [3.05, 3.63) is 46.0 Å². The van der Waals surface area contributed by atoms with E-state index in [1.165, 1.54) is 49.6 Å². The third-order valence-corrected chi connectivity index (χ3v) is 4.17. The highest BCUT2D eigenvalue weighted by molar-refractivity contribution is 6.10. The van der Waals surface area contributed by atoms with Gasteiger partial charge in [0.05, 0.1) is 0 Å². The lowest BCUT2D eigenvalue weighted by molar-refractivity contribution is 1.28. The van der Waals surface area contributed by atoms with Crippen molar-refractivity contribution in [1.82, 2.24) is 4.98 Å². The minimum Gasteiger partial charge on any atom is -0.354 e. The Bertz CT molecular complexity index is 775. The second-order valence-corrected chi connectivity index (χ2v) is 5.50. The number of hydrogen-bond acceptors (Lipinski definition) is 0. The average Bonchev–Trinajstić information content (AvgIpc) is 2.64. The van der Waals surface area contributed by atoms with Crippen LogP contribution in [0.2, 0.25) is 0 Å². The SMILES string of the molecule is Cc1cc(C)c2c(c1)[nH]c1c(C)c(C)c(C)cc12. The summed E-state index contributed by atoms with van der Waals surface area (Å²) in [7, 11) is 0. The van der Waals surface area contributed by atoms with E-state index in [0.717, 1.165) is 0 Å². The molecule has 0 amide bonds. The van der Waals surface area contributed by atoms with E-state index in [4.69, 9.17) is 0 Å². The predicted octanol–water partition coefficient (Wildman–Crippen LogP) is 4.86. The molecular formula is C17H19N. The summed E-state index contributed by atoms with van der Waals surface area (Å²) in [5.74, 6) is 0. The summed E-state index contributed by atoms with van der Waals surface area (Å²) in [6.45, 7) is 11.0. The molecule has 2 aromatic carbocycles. The van der Waals surface area contributed by atoms with Crippen molar-refractivity contribution in [3.8, 4) is 0 Å². The summed E-state index contributed by atoms with van der Waals surface area (Å²) in [6.07, 6.45) is 0. The molecule has 0 aliphatic carbocycles. The van der Waals surface area contributed by atoms with Gasteiger partial charge in [-0.3, -0.25) is 0 Å². The van der Waals surface area contributed by atoms with Gasteiger partial charge in [0, 0.05) is 21.8 Å². The molecule has 1 N–H and O–H groups in total. The summed E-state index contributed by atoms with van der Waals surface area (Å²) in [5.41, 5.74) is 9.37. The number of rotatable bonds is 0. The topological polar surface area (TPSA) is 15.8 Å². The third-order valence-electron chi connectivity index (χ3n) is 4.17. The fourth-order valence-corrected chi connectivity index (χ4v) is 3.00. The second kappa shape index (κ2) is 3.61. The lowest BCUT2D eigenvalue weighted by atomic mass is 9.98. The summed E-state index contributed by atoms with van der Waals surface area (Å²) in [4.78, 5) is 3.60. The Kier molecular flexibility index (Phi) is 2.28. The smallest absolute Gasteiger partial charge is 0.0497 e. The monoisotopic (exact) mass is 237 g/mol. The van der Waals surface area contributed by atoms with Crippen LogP contribution >= 0.6 is 0 Å². The standard InChI is InChI=1S/C17H19N/c1-9-6-11(3)16-14-8-10(2)12(4)13(5)17(14)18-15(16)7-9/h6-8,18H,1-5H3. The Hall–Kier alpha value is -1.76. The molecular weight excluding hydrogens is 218 g/mol. The zero-order valence-corrected chi connectivity index (χ0v) is 11.7. The number of H-pyrrole nitrogens is 1. The van der Waals surface area contributed by atoms with Crippen molar-refractivity contribution in [2.45, 2.75) is 34.6 Å².